The lowest BCUT2D eigenvalue weighted by Crippen LogP contribution is -2.38. The number of hydrogen-bond donors (Lipinski definition) is 3. The minimum atomic E-state index is -4.47. The maximum absolute atomic E-state index is 14.1. The van der Waals surface area contributed by atoms with E-state index in [4.69, 9.17) is 4.74 Å². The molecule has 14 heteroatoms. The van der Waals surface area contributed by atoms with E-state index >= 15 is 0 Å². The Balaban J connectivity index is 1.41. The first-order valence-corrected chi connectivity index (χ1v) is 11.0. The lowest BCUT2D eigenvalue weighted by Gasteiger charge is -2.28. The summed E-state index contributed by atoms with van der Waals surface area (Å²) < 4.78 is 58.4. The average molecular weight is 556 g/mol. The number of pyridine rings is 1. The number of halogens is 5. The summed E-state index contributed by atoms with van der Waals surface area (Å²) in [7, 11) is 0. The molecule has 184 valence electrons. The molecule has 0 atom stereocenters. The molecule has 0 aliphatic carbocycles. The molecular formula is C21H18BrF4N7O2. The molecule has 3 aromatic rings. The minimum Gasteiger partial charge on any atom is -0.378 e. The van der Waals surface area contributed by atoms with Gasteiger partial charge >= 0.3 is 6.18 Å². The molecule has 0 bridgehead atoms. The fourth-order valence-electron chi connectivity index (χ4n) is 3.20. The number of ether oxygens (including phenoxy) is 1. The topological polar surface area (TPSA) is 104 Å². The van der Waals surface area contributed by atoms with Gasteiger partial charge in [-0.1, -0.05) is 6.07 Å². The normalized spacial score (nSPS) is 13.9. The van der Waals surface area contributed by atoms with Gasteiger partial charge in [0.25, 0.3) is 5.91 Å². The molecule has 4 rings (SSSR count). The number of anilines is 4. The molecule has 9 nitrogen and oxygen atoms in total. The molecule has 3 heterocycles. The van der Waals surface area contributed by atoms with Crippen LogP contribution in [-0.4, -0.2) is 47.2 Å². The third-order valence-corrected chi connectivity index (χ3v) is 5.46. The van der Waals surface area contributed by atoms with E-state index in [2.05, 4.69) is 47.1 Å². The molecule has 1 aliphatic rings. The number of amides is 1. The van der Waals surface area contributed by atoms with Crippen LogP contribution in [0, 0.1) is 5.82 Å². The van der Waals surface area contributed by atoms with Crippen molar-refractivity contribution in [2.75, 3.05) is 41.9 Å². The molecule has 2 aromatic heterocycles. The van der Waals surface area contributed by atoms with Crippen molar-refractivity contribution < 1.29 is 27.1 Å². The van der Waals surface area contributed by atoms with Gasteiger partial charge in [-0.3, -0.25) is 15.6 Å². The van der Waals surface area contributed by atoms with Crippen LogP contribution in [0.5, 0.6) is 0 Å². The Morgan fingerprint density at radius 2 is 1.86 bits per heavy atom. The third kappa shape index (κ3) is 6.14. The number of carbonyl (C=O) groups excluding carboxylic acids is 1. The highest BCUT2D eigenvalue weighted by atomic mass is 79.9. The van der Waals surface area contributed by atoms with Gasteiger partial charge in [-0.25, -0.2) is 14.4 Å². The highest BCUT2D eigenvalue weighted by molar-refractivity contribution is 9.10. The van der Waals surface area contributed by atoms with Gasteiger partial charge in [0.15, 0.2) is 11.6 Å². The van der Waals surface area contributed by atoms with Crippen molar-refractivity contribution >= 4 is 45.0 Å². The van der Waals surface area contributed by atoms with Crippen LogP contribution in [0.25, 0.3) is 0 Å². The molecule has 1 aliphatic heterocycles. The van der Waals surface area contributed by atoms with Gasteiger partial charge in [-0.15, -0.1) is 0 Å². The summed E-state index contributed by atoms with van der Waals surface area (Å²) in [4.78, 5) is 26.2. The number of hydrogen-bond acceptors (Lipinski definition) is 8. The summed E-state index contributed by atoms with van der Waals surface area (Å²) in [6.45, 7) is 1.83. The Labute approximate surface area is 205 Å². The number of hydrazine groups is 1. The van der Waals surface area contributed by atoms with Crippen LogP contribution in [0.15, 0.2) is 47.2 Å². The predicted molar refractivity (Wildman–Crippen MR) is 123 cm³/mol. The number of nitrogens with zero attached hydrogens (tertiary/aromatic N) is 4. The molecule has 0 spiro atoms. The standard InChI is InChI=1S/C21H18BrF4N7O2/c22-15-9-14(29-13-3-1-2-12(8-13)21(24,25)26)10-27-17(15)19(34)31-32-20-28-11-16(23)18(30-20)33-4-6-35-7-5-33/h1-3,8-11,29H,4-7H2,(H,31,34)(H,28,30,32). The summed E-state index contributed by atoms with van der Waals surface area (Å²) >= 11 is 3.24. The largest absolute Gasteiger partial charge is 0.416 e. The van der Waals surface area contributed by atoms with Crippen LogP contribution >= 0.6 is 15.9 Å². The first kappa shape index (κ1) is 24.6. The van der Waals surface area contributed by atoms with Crippen molar-refractivity contribution in [1.29, 1.82) is 0 Å². The van der Waals surface area contributed by atoms with Crippen LogP contribution in [0.2, 0.25) is 0 Å². The second-order valence-electron chi connectivity index (χ2n) is 7.30. The number of benzene rings is 1. The van der Waals surface area contributed by atoms with Crippen LogP contribution in [0.4, 0.5) is 40.7 Å². The van der Waals surface area contributed by atoms with E-state index in [9.17, 15) is 22.4 Å². The summed E-state index contributed by atoms with van der Waals surface area (Å²) in [5.41, 5.74) is 4.66. The quantitative estimate of drug-likeness (QED) is 0.308. The number of nitrogens with one attached hydrogen (secondary N) is 3. The molecule has 3 N–H and O–H groups in total. The van der Waals surface area contributed by atoms with Crippen LogP contribution in [0.3, 0.4) is 0 Å². The zero-order valence-electron chi connectivity index (χ0n) is 17.9. The Hall–Kier alpha value is -3.52. The summed E-state index contributed by atoms with van der Waals surface area (Å²) in [6.07, 6.45) is -2.18. The Kier molecular flexibility index (Phi) is 7.31. The van der Waals surface area contributed by atoms with Crippen molar-refractivity contribution in [3.8, 4) is 0 Å². The predicted octanol–water partition coefficient (Wildman–Crippen LogP) is 4.13. The SMILES string of the molecule is O=C(NNc1ncc(F)c(N2CCOCC2)n1)c1ncc(Nc2cccc(C(F)(F)F)c2)cc1Br. The second kappa shape index (κ2) is 10.4. The van der Waals surface area contributed by atoms with Gasteiger partial charge in [0, 0.05) is 18.8 Å². The summed E-state index contributed by atoms with van der Waals surface area (Å²) in [6, 6.07) is 6.18. The van der Waals surface area contributed by atoms with E-state index in [-0.39, 0.29) is 27.6 Å². The monoisotopic (exact) mass is 555 g/mol. The van der Waals surface area contributed by atoms with Gasteiger partial charge in [-0.2, -0.15) is 18.2 Å². The summed E-state index contributed by atoms with van der Waals surface area (Å²) in [5, 5.41) is 2.81. The molecular weight excluding hydrogens is 538 g/mol. The van der Waals surface area contributed by atoms with Crippen molar-refractivity contribution in [1.82, 2.24) is 20.4 Å². The van der Waals surface area contributed by atoms with E-state index in [1.54, 1.807) is 4.90 Å². The van der Waals surface area contributed by atoms with Gasteiger partial charge in [0.05, 0.1) is 41.3 Å². The maximum Gasteiger partial charge on any atom is 0.416 e. The number of carbonyl (C=O) groups is 1. The Bertz CT molecular complexity index is 1220. The first-order valence-electron chi connectivity index (χ1n) is 10.2. The average Bonchev–Trinajstić information content (AvgIpc) is 2.83. The van der Waals surface area contributed by atoms with Crippen molar-refractivity contribution in [3.05, 3.63) is 64.3 Å². The van der Waals surface area contributed by atoms with Crippen LogP contribution < -0.4 is 21.1 Å². The minimum absolute atomic E-state index is 0.0115. The number of alkyl halides is 3. The van der Waals surface area contributed by atoms with E-state index < -0.39 is 23.5 Å². The van der Waals surface area contributed by atoms with Crippen LogP contribution in [-0.2, 0) is 10.9 Å². The third-order valence-electron chi connectivity index (χ3n) is 4.86. The van der Waals surface area contributed by atoms with Gasteiger partial charge < -0.3 is 15.0 Å². The van der Waals surface area contributed by atoms with E-state index in [0.29, 0.717) is 32.0 Å². The highest BCUT2D eigenvalue weighted by Crippen LogP contribution is 2.31. The fourth-order valence-corrected chi connectivity index (χ4v) is 3.73. The number of morpholine rings is 1. The molecule has 1 aromatic carbocycles. The van der Waals surface area contributed by atoms with E-state index in [1.165, 1.54) is 24.4 Å². The Morgan fingerprint density at radius 1 is 1.09 bits per heavy atom. The number of aromatic nitrogens is 3. The zero-order valence-corrected chi connectivity index (χ0v) is 19.5. The van der Waals surface area contributed by atoms with Crippen molar-refractivity contribution in [3.63, 3.8) is 0 Å². The maximum atomic E-state index is 14.1. The zero-order chi connectivity index (χ0) is 25.0. The fraction of sp³-hybridized carbons (Fsp3) is 0.238. The highest BCUT2D eigenvalue weighted by Gasteiger charge is 2.30. The first-order chi connectivity index (χ1) is 16.7. The van der Waals surface area contributed by atoms with Crippen molar-refractivity contribution in [2.45, 2.75) is 6.18 Å². The molecule has 0 unspecified atom stereocenters. The van der Waals surface area contributed by atoms with Crippen molar-refractivity contribution in [2.24, 2.45) is 0 Å². The van der Waals surface area contributed by atoms with E-state index in [1.807, 2.05) is 0 Å². The number of rotatable bonds is 6. The van der Waals surface area contributed by atoms with E-state index in [0.717, 1.165) is 18.3 Å². The lowest BCUT2D eigenvalue weighted by molar-refractivity contribution is -0.137. The molecule has 1 fully saturated rings. The van der Waals surface area contributed by atoms with Gasteiger partial charge in [0.2, 0.25) is 5.95 Å². The van der Waals surface area contributed by atoms with Gasteiger partial charge in [0.1, 0.15) is 5.69 Å². The Morgan fingerprint density at radius 3 is 2.57 bits per heavy atom. The lowest BCUT2D eigenvalue weighted by atomic mass is 10.2. The molecule has 0 radical (unpaired) electrons. The molecule has 1 amide bonds. The summed E-state index contributed by atoms with van der Waals surface area (Å²) in [5.74, 6) is -1.19. The molecule has 0 saturated carbocycles. The molecule has 1 saturated heterocycles. The molecule has 35 heavy (non-hydrogen) atoms. The second-order valence-corrected chi connectivity index (χ2v) is 8.16. The van der Waals surface area contributed by atoms with Gasteiger partial charge in [-0.05, 0) is 40.2 Å². The smallest absolute Gasteiger partial charge is 0.378 e. The van der Waals surface area contributed by atoms with Crippen LogP contribution in [0.1, 0.15) is 16.1 Å².